The Kier molecular flexibility index (Phi) is 5.81. The molecule has 0 spiro atoms. The summed E-state index contributed by atoms with van der Waals surface area (Å²) >= 11 is 0. The Balaban J connectivity index is 1.31. The summed E-state index contributed by atoms with van der Waals surface area (Å²) in [5.41, 5.74) is -0.158. The second-order valence-electron chi connectivity index (χ2n) is 12.5. The van der Waals surface area contributed by atoms with E-state index >= 15 is 0 Å². The first-order valence-corrected chi connectivity index (χ1v) is 14.8. The Hall–Kier alpha value is -0.870. The Bertz CT molecular complexity index is 923. The van der Waals surface area contributed by atoms with Crippen LogP contribution in [0.3, 0.4) is 0 Å². The lowest BCUT2D eigenvalue weighted by molar-refractivity contribution is -0.102. The van der Waals surface area contributed by atoms with E-state index in [9.17, 15) is 13.5 Å². The fraction of sp³-hybridized carbons (Fsp3) is 0.786. The molecule has 0 heterocycles. The fourth-order valence-electron chi connectivity index (χ4n) is 9.24. The highest BCUT2D eigenvalue weighted by Gasteiger charge is 2.58. The predicted molar refractivity (Wildman–Crippen MR) is 129 cm³/mol. The minimum absolute atomic E-state index is 0.202. The lowest BCUT2D eigenvalue weighted by Crippen LogP contribution is -2.51. The van der Waals surface area contributed by atoms with Gasteiger partial charge in [-0.2, -0.15) is 0 Å². The van der Waals surface area contributed by atoms with E-state index in [2.05, 4.69) is 13.8 Å². The van der Waals surface area contributed by atoms with Crippen molar-refractivity contribution in [2.75, 3.05) is 5.75 Å². The summed E-state index contributed by atoms with van der Waals surface area (Å²) in [6, 6.07) is 9.02. The Morgan fingerprint density at radius 1 is 0.938 bits per heavy atom. The molecule has 0 bridgehead atoms. The number of sulfone groups is 1. The van der Waals surface area contributed by atoms with Crippen molar-refractivity contribution in [3.8, 4) is 0 Å². The van der Waals surface area contributed by atoms with Gasteiger partial charge in [0.05, 0.1) is 16.2 Å². The zero-order valence-corrected chi connectivity index (χ0v) is 21.0. The van der Waals surface area contributed by atoms with Crippen LogP contribution in [-0.2, 0) is 9.84 Å². The molecule has 1 N–H and O–H groups in total. The van der Waals surface area contributed by atoms with Crippen molar-refractivity contribution in [3.63, 3.8) is 0 Å². The zero-order chi connectivity index (χ0) is 22.7. The first-order valence-electron chi connectivity index (χ1n) is 13.1. The third-order valence-corrected chi connectivity index (χ3v) is 12.5. The van der Waals surface area contributed by atoms with Crippen LogP contribution in [0.15, 0.2) is 35.2 Å². The molecule has 0 amide bonds. The van der Waals surface area contributed by atoms with Crippen LogP contribution >= 0.6 is 0 Å². The molecule has 0 aliphatic heterocycles. The first kappa shape index (κ1) is 22.9. The minimum Gasteiger partial charge on any atom is -0.390 e. The first-order chi connectivity index (χ1) is 15.1. The standard InChI is InChI=1S/C28H42O3S/c1-19(18-32(30,31)21-7-5-4-6-8-21)25-11-12-26-24-10-9-20-17-27(2,29)15-13-22(20)23(24)14-16-28(25,26)3/h4-8,19-20,22-26,29H,9-18H2,1-3H3/t19-,20+,22+,23-,24-,25-,26+,27+,28-/m1/s1. The summed E-state index contributed by atoms with van der Waals surface area (Å²) in [4.78, 5) is 0.474. The highest BCUT2D eigenvalue weighted by molar-refractivity contribution is 7.91. The molecule has 3 nitrogen and oxygen atoms in total. The van der Waals surface area contributed by atoms with Gasteiger partial charge in [-0.3, -0.25) is 0 Å². The van der Waals surface area contributed by atoms with Gasteiger partial charge in [-0.25, -0.2) is 8.42 Å². The Morgan fingerprint density at radius 2 is 1.66 bits per heavy atom. The van der Waals surface area contributed by atoms with Gasteiger partial charge in [0.15, 0.2) is 9.84 Å². The maximum absolute atomic E-state index is 13.1. The molecule has 4 saturated carbocycles. The number of hydrogen-bond donors (Lipinski definition) is 1. The Morgan fingerprint density at radius 3 is 2.41 bits per heavy atom. The average Bonchev–Trinajstić information content (AvgIpc) is 3.10. The van der Waals surface area contributed by atoms with Crippen LogP contribution in [0.25, 0.3) is 0 Å². The molecule has 4 aliphatic carbocycles. The number of fused-ring (bicyclic) bond motifs is 5. The summed E-state index contributed by atoms with van der Waals surface area (Å²) in [5, 5.41) is 10.6. The molecule has 32 heavy (non-hydrogen) atoms. The van der Waals surface area contributed by atoms with E-state index in [0.29, 0.717) is 16.2 Å². The Labute approximate surface area is 195 Å². The van der Waals surface area contributed by atoms with Gasteiger partial charge in [0.1, 0.15) is 0 Å². The summed E-state index contributed by atoms with van der Waals surface area (Å²) in [7, 11) is -3.24. The van der Waals surface area contributed by atoms with Crippen molar-refractivity contribution in [2.45, 2.75) is 89.1 Å². The summed E-state index contributed by atoms with van der Waals surface area (Å²) < 4.78 is 26.2. The molecule has 0 saturated heterocycles. The van der Waals surface area contributed by atoms with Crippen LogP contribution in [0, 0.1) is 46.8 Å². The molecule has 4 aliphatic rings. The van der Waals surface area contributed by atoms with E-state index in [0.717, 1.165) is 42.4 Å². The van der Waals surface area contributed by atoms with Crippen molar-refractivity contribution < 1.29 is 13.5 Å². The molecule has 4 fully saturated rings. The lowest BCUT2D eigenvalue weighted by Gasteiger charge is -2.57. The van der Waals surface area contributed by atoms with E-state index < -0.39 is 15.4 Å². The molecule has 0 radical (unpaired) electrons. The van der Waals surface area contributed by atoms with Crippen LogP contribution < -0.4 is 0 Å². The number of rotatable bonds is 4. The molecule has 5 rings (SSSR count). The van der Waals surface area contributed by atoms with Gasteiger partial charge in [0.25, 0.3) is 0 Å². The molecule has 0 aromatic heterocycles. The van der Waals surface area contributed by atoms with Crippen LogP contribution in [0.2, 0.25) is 0 Å². The van der Waals surface area contributed by atoms with Crippen molar-refractivity contribution in [3.05, 3.63) is 30.3 Å². The van der Waals surface area contributed by atoms with E-state index in [1.54, 1.807) is 12.1 Å². The van der Waals surface area contributed by atoms with Gasteiger partial charge >= 0.3 is 0 Å². The van der Waals surface area contributed by atoms with Gasteiger partial charge in [-0.15, -0.1) is 0 Å². The number of hydrogen-bond acceptors (Lipinski definition) is 3. The van der Waals surface area contributed by atoms with Gasteiger partial charge in [-0.1, -0.05) is 32.0 Å². The fourth-order valence-corrected chi connectivity index (χ4v) is 10.9. The maximum Gasteiger partial charge on any atom is 0.178 e. The van der Waals surface area contributed by atoms with Crippen molar-refractivity contribution in [1.29, 1.82) is 0 Å². The third-order valence-electron chi connectivity index (χ3n) is 10.6. The third kappa shape index (κ3) is 3.87. The van der Waals surface area contributed by atoms with Crippen LogP contribution in [0.1, 0.15) is 78.6 Å². The average molecular weight is 459 g/mol. The van der Waals surface area contributed by atoms with Gasteiger partial charge < -0.3 is 5.11 Å². The normalized spacial score (nSPS) is 44.9. The topological polar surface area (TPSA) is 54.4 Å². The maximum atomic E-state index is 13.1. The number of aliphatic hydroxyl groups is 1. The molecular formula is C28H42O3S. The number of benzene rings is 1. The van der Waals surface area contributed by atoms with Gasteiger partial charge in [0, 0.05) is 0 Å². The van der Waals surface area contributed by atoms with Crippen molar-refractivity contribution in [2.24, 2.45) is 46.8 Å². The second kappa shape index (κ2) is 8.12. The zero-order valence-electron chi connectivity index (χ0n) is 20.2. The quantitative estimate of drug-likeness (QED) is 0.592. The SMILES string of the molecule is C[C@H](CS(=O)(=O)c1ccccc1)[C@H]1CC[C@H]2[C@@H]3CC[C@H]4C[C@@](C)(O)CC[C@@H]4[C@H]3CC[C@]12C. The van der Waals surface area contributed by atoms with Crippen molar-refractivity contribution >= 4 is 9.84 Å². The van der Waals surface area contributed by atoms with E-state index in [-0.39, 0.29) is 11.7 Å². The minimum atomic E-state index is -3.24. The monoisotopic (exact) mass is 458 g/mol. The molecule has 1 aromatic carbocycles. The van der Waals surface area contributed by atoms with Gasteiger partial charge in [-0.05, 0) is 124 Å². The predicted octanol–water partition coefficient (Wildman–Crippen LogP) is 6.12. The summed E-state index contributed by atoms with van der Waals surface area (Å²) in [5.74, 6) is 4.94. The van der Waals surface area contributed by atoms with E-state index in [1.807, 2.05) is 25.1 Å². The van der Waals surface area contributed by atoms with E-state index in [4.69, 9.17) is 0 Å². The summed E-state index contributed by atoms with van der Waals surface area (Å²) in [6.07, 6.45) is 10.8. The molecule has 9 atom stereocenters. The molecule has 4 heteroatoms. The molecule has 0 unspecified atom stereocenters. The second-order valence-corrected chi connectivity index (χ2v) is 14.5. The van der Waals surface area contributed by atoms with Crippen LogP contribution in [0.5, 0.6) is 0 Å². The highest BCUT2D eigenvalue weighted by Crippen LogP contribution is 2.65. The molecular weight excluding hydrogens is 416 g/mol. The van der Waals surface area contributed by atoms with Gasteiger partial charge in [0.2, 0.25) is 0 Å². The summed E-state index contributed by atoms with van der Waals surface area (Å²) in [6.45, 7) is 6.75. The van der Waals surface area contributed by atoms with E-state index in [1.165, 1.54) is 44.9 Å². The largest absolute Gasteiger partial charge is 0.390 e. The molecule has 1 aromatic rings. The lowest BCUT2D eigenvalue weighted by atomic mass is 9.48. The smallest absolute Gasteiger partial charge is 0.178 e. The van der Waals surface area contributed by atoms with Crippen LogP contribution in [-0.4, -0.2) is 24.9 Å². The highest BCUT2D eigenvalue weighted by atomic mass is 32.2. The van der Waals surface area contributed by atoms with Crippen molar-refractivity contribution in [1.82, 2.24) is 0 Å². The van der Waals surface area contributed by atoms with Crippen LogP contribution in [0.4, 0.5) is 0 Å². The molecule has 178 valence electrons.